The first-order chi connectivity index (χ1) is 12.0. The Morgan fingerprint density at radius 1 is 1.04 bits per heavy atom. The molecule has 2 heterocycles. The average Bonchev–Trinajstić information content (AvgIpc) is 2.59. The lowest BCUT2D eigenvalue weighted by molar-refractivity contribution is 0.476. The molecule has 0 bridgehead atoms. The van der Waals surface area contributed by atoms with Crippen molar-refractivity contribution in [3.8, 4) is 11.5 Å². The summed E-state index contributed by atoms with van der Waals surface area (Å²) in [5.74, 6) is 1.44. The average molecular weight is 332 g/mol. The number of aromatic hydroxyl groups is 1. The first-order valence-electron chi connectivity index (χ1n) is 8.04. The van der Waals surface area contributed by atoms with Crippen LogP contribution in [0.25, 0.3) is 22.7 Å². The zero-order valence-corrected chi connectivity index (χ0v) is 14.6. The predicted octanol–water partition coefficient (Wildman–Crippen LogP) is 3.13. The molecule has 0 saturated heterocycles. The normalized spacial score (nSPS) is 13.0. The number of rotatable bonds is 3. The molecule has 25 heavy (non-hydrogen) atoms. The smallest absolute Gasteiger partial charge is 0.142 e. The summed E-state index contributed by atoms with van der Waals surface area (Å²) in [6.07, 6.45) is 3.63. The van der Waals surface area contributed by atoms with Crippen molar-refractivity contribution in [2.24, 2.45) is 0 Å². The predicted molar refractivity (Wildman–Crippen MR) is 101 cm³/mol. The lowest BCUT2D eigenvalue weighted by atomic mass is 10.1. The SMILES string of the molecule is C=C/C=c1/ccc(C)n/c1=C(/C)Oc1ccc(O)c2nc(C)ccc12. The van der Waals surface area contributed by atoms with Crippen molar-refractivity contribution in [1.82, 2.24) is 9.97 Å². The van der Waals surface area contributed by atoms with Gasteiger partial charge in [0.25, 0.3) is 0 Å². The molecular weight excluding hydrogens is 312 g/mol. The number of phenols is 1. The van der Waals surface area contributed by atoms with Crippen molar-refractivity contribution < 1.29 is 9.84 Å². The van der Waals surface area contributed by atoms with Crippen LogP contribution in [0.2, 0.25) is 0 Å². The van der Waals surface area contributed by atoms with Gasteiger partial charge in [0, 0.05) is 22.0 Å². The van der Waals surface area contributed by atoms with Crippen LogP contribution < -0.4 is 15.3 Å². The molecule has 4 heteroatoms. The molecule has 0 radical (unpaired) electrons. The fourth-order valence-electron chi connectivity index (χ4n) is 2.69. The summed E-state index contributed by atoms with van der Waals surface area (Å²) in [7, 11) is 0. The highest BCUT2D eigenvalue weighted by Crippen LogP contribution is 2.32. The van der Waals surface area contributed by atoms with Crippen molar-refractivity contribution in [1.29, 1.82) is 0 Å². The third-order valence-corrected chi connectivity index (χ3v) is 3.89. The van der Waals surface area contributed by atoms with Gasteiger partial charge in [0.15, 0.2) is 0 Å². The number of aryl methyl sites for hydroxylation is 2. The van der Waals surface area contributed by atoms with Gasteiger partial charge >= 0.3 is 0 Å². The van der Waals surface area contributed by atoms with E-state index in [9.17, 15) is 5.11 Å². The highest BCUT2D eigenvalue weighted by Gasteiger charge is 2.09. The minimum atomic E-state index is 0.137. The third-order valence-electron chi connectivity index (χ3n) is 3.89. The van der Waals surface area contributed by atoms with Gasteiger partial charge in [0.05, 0.1) is 0 Å². The van der Waals surface area contributed by atoms with Crippen molar-refractivity contribution in [2.45, 2.75) is 20.8 Å². The summed E-state index contributed by atoms with van der Waals surface area (Å²) < 4.78 is 6.10. The Bertz CT molecular complexity index is 1080. The molecule has 4 nitrogen and oxygen atoms in total. The molecule has 0 fully saturated rings. The number of benzene rings is 1. The highest BCUT2D eigenvalue weighted by molar-refractivity contribution is 5.90. The van der Waals surface area contributed by atoms with Gasteiger partial charge in [-0.3, -0.25) is 0 Å². The van der Waals surface area contributed by atoms with E-state index in [0.717, 1.165) is 27.3 Å². The van der Waals surface area contributed by atoms with E-state index in [1.807, 2.05) is 51.1 Å². The Labute approximate surface area is 146 Å². The zero-order chi connectivity index (χ0) is 18.0. The Morgan fingerprint density at radius 3 is 2.52 bits per heavy atom. The Morgan fingerprint density at radius 2 is 1.76 bits per heavy atom. The standard InChI is InChI=1S/C21H20N2O2/c1-5-6-16-9-7-13(2)22-20(16)15(4)25-19-12-11-18(24)21-17(19)10-8-14(3)23-21/h5-12,24H,1H2,2-4H3/b16-6-,20-15-. The van der Waals surface area contributed by atoms with Crippen LogP contribution in [0, 0.1) is 13.8 Å². The molecule has 3 aromatic rings. The van der Waals surface area contributed by atoms with Crippen LogP contribution in [0.5, 0.6) is 11.5 Å². The first-order valence-corrected chi connectivity index (χ1v) is 8.04. The van der Waals surface area contributed by atoms with Crippen LogP contribution in [0.3, 0.4) is 0 Å². The van der Waals surface area contributed by atoms with Crippen molar-refractivity contribution in [2.75, 3.05) is 0 Å². The molecule has 0 aliphatic carbocycles. The van der Waals surface area contributed by atoms with E-state index < -0.39 is 0 Å². The summed E-state index contributed by atoms with van der Waals surface area (Å²) in [5, 5.41) is 12.5. The molecule has 1 N–H and O–H groups in total. The van der Waals surface area contributed by atoms with E-state index in [1.54, 1.807) is 18.2 Å². The lowest BCUT2D eigenvalue weighted by Gasteiger charge is -2.10. The van der Waals surface area contributed by atoms with Gasteiger partial charge in [0.1, 0.15) is 28.1 Å². The number of aromatic nitrogens is 2. The third kappa shape index (κ3) is 3.38. The number of hydrogen-bond donors (Lipinski definition) is 1. The maximum Gasteiger partial charge on any atom is 0.142 e. The minimum absolute atomic E-state index is 0.137. The molecule has 0 saturated carbocycles. The van der Waals surface area contributed by atoms with Gasteiger partial charge in [-0.05, 0) is 51.1 Å². The number of fused-ring (bicyclic) bond motifs is 1. The second kappa shape index (κ2) is 6.77. The number of nitrogens with zero attached hydrogens (tertiary/aromatic N) is 2. The monoisotopic (exact) mass is 332 g/mol. The summed E-state index contributed by atoms with van der Waals surface area (Å²) in [6, 6.07) is 11.1. The topological polar surface area (TPSA) is 55.2 Å². The number of phenolic OH excluding ortho intramolecular Hbond substituents is 1. The molecule has 0 aliphatic heterocycles. The number of allylic oxidation sites excluding steroid dienone is 1. The van der Waals surface area contributed by atoms with Gasteiger partial charge in [-0.15, -0.1) is 0 Å². The second-order valence-electron chi connectivity index (χ2n) is 5.88. The molecule has 1 aromatic carbocycles. The van der Waals surface area contributed by atoms with E-state index >= 15 is 0 Å². The molecule has 0 aliphatic rings. The molecule has 2 aromatic heterocycles. The Hall–Kier alpha value is -3.14. The van der Waals surface area contributed by atoms with Crippen LogP contribution in [0.15, 0.2) is 49.1 Å². The van der Waals surface area contributed by atoms with Gasteiger partial charge in [-0.2, -0.15) is 0 Å². The van der Waals surface area contributed by atoms with Crippen LogP contribution in [0.1, 0.15) is 18.3 Å². The Balaban J connectivity index is 2.20. The maximum atomic E-state index is 10.1. The summed E-state index contributed by atoms with van der Waals surface area (Å²) in [5.41, 5.74) is 2.27. The fourth-order valence-corrected chi connectivity index (χ4v) is 2.69. The zero-order valence-electron chi connectivity index (χ0n) is 14.6. The van der Waals surface area contributed by atoms with Gasteiger partial charge in [-0.1, -0.05) is 24.8 Å². The number of hydrogen-bond acceptors (Lipinski definition) is 4. The molecular formula is C21H20N2O2. The van der Waals surface area contributed by atoms with E-state index in [1.165, 1.54) is 0 Å². The number of pyridine rings is 2. The maximum absolute atomic E-state index is 10.1. The van der Waals surface area contributed by atoms with Gasteiger partial charge in [-0.25, -0.2) is 9.97 Å². The van der Waals surface area contributed by atoms with Crippen LogP contribution in [-0.2, 0) is 0 Å². The fraction of sp³-hybridized carbons (Fsp3) is 0.143. The van der Waals surface area contributed by atoms with E-state index in [4.69, 9.17) is 4.74 Å². The Kier molecular flexibility index (Phi) is 4.52. The van der Waals surface area contributed by atoms with E-state index in [0.29, 0.717) is 17.0 Å². The molecule has 0 atom stereocenters. The summed E-state index contributed by atoms with van der Waals surface area (Å²) in [4.78, 5) is 9.00. The second-order valence-corrected chi connectivity index (χ2v) is 5.88. The van der Waals surface area contributed by atoms with Crippen LogP contribution in [-0.4, -0.2) is 15.1 Å². The molecule has 126 valence electrons. The summed E-state index contributed by atoms with van der Waals surface area (Å²) in [6.45, 7) is 9.46. The van der Waals surface area contributed by atoms with E-state index in [2.05, 4.69) is 16.5 Å². The highest BCUT2D eigenvalue weighted by atomic mass is 16.5. The molecule has 0 unspecified atom stereocenters. The largest absolute Gasteiger partial charge is 0.506 e. The number of ether oxygens (including phenoxy) is 1. The van der Waals surface area contributed by atoms with Crippen molar-refractivity contribution >= 4 is 22.7 Å². The quantitative estimate of drug-likeness (QED) is 0.801. The van der Waals surface area contributed by atoms with E-state index in [-0.39, 0.29) is 5.75 Å². The van der Waals surface area contributed by atoms with Crippen molar-refractivity contribution in [3.63, 3.8) is 0 Å². The van der Waals surface area contributed by atoms with Gasteiger partial charge in [0.2, 0.25) is 0 Å². The van der Waals surface area contributed by atoms with Crippen molar-refractivity contribution in [3.05, 3.63) is 71.0 Å². The molecule has 0 amide bonds. The molecule has 3 rings (SSSR count). The molecule has 0 spiro atoms. The van der Waals surface area contributed by atoms with Gasteiger partial charge < -0.3 is 9.84 Å². The lowest BCUT2D eigenvalue weighted by Crippen LogP contribution is -2.31. The summed E-state index contributed by atoms with van der Waals surface area (Å²) >= 11 is 0. The van der Waals surface area contributed by atoms with Crippen LogP contribution >= 0.6 is 0 Å². The minimum Gasteiger partial charge on any atom is -0.506 e. The first kappa shape index (κ1) is 16.7. The van der Waals surface area contributed by atoms with Crippen LogP contribution in [0.4, 0.5) is 0 Å².